The zero-order chi connectivity index (χ0) is 20.8. The molecule has 27 heavy (non-hydrogen) atoms. The molecular weight excluding hydrogens is 336 g/mol. The van der Waals surface area contributed by atoms with Gasteiger partial charge in [0.2, 0.25) is 0 Å². The lowest BCUT2D eigenvalue weighted by Crippen LogP contribution is -2.22. The summed E-state index contributed by atoms with van der Waals surface area (Å²) in [7, 11) is 0. The van der Waals surface area contributed by atoms with Crippen LogP contribution in [0.15, 0.2) is 24.3 Å². The monoisotopic (exact) mass is 374 g/mol. The number of benzene rings is 1. The number of aromatic hydroxyl groups is 1. The molecule has 152 valence electrons. The first-order valence-corrected chi connectivity index (χ1v) is 10.2. The first-order valence-electron chi connectivity index (χ1n) is 10.2. The summed E-state index contributed by atoms with van der Waals surface area (Å²) in [5.74, 6) is 0.391. The van der Waals surface area contributed by atoms with E-state index in [9.17, 15) is 9.90 Å². The summed E-state index contributed by atoms with van der Waals surface area (Å²) in [6.45, 7) is 18.2. The van der Waals surface area contributed by atoms with Crippen LogP contribution >= 0.6 is 0 Å². The molecule has 0 atom stereocenters. The standard InChI is InChI=1S/C24H38O3/c1-9-11-13-23(5,6)19-15-18(27-22(26)17(3)4)16-20(21(19)25)24(7,8)14-12-10-2/h15-16,25H,3,9-14H2,1-2,4-8H3. The van der Waals surface area contributed by atoms with Gasteiger partial charge in [-0.05, 0) is 42.7 Å². The van der Waals surface area contributed by atoms with Crippen molar-refractivity contribution < 1.29 is 14.6 Å². The van der Waals surface area contributed by atoms with Crippen molar-refractivity contribution in [1.29, 1.82) is 0 Å². The summed E-state index contributed by atoms with van der Waals surface area (Å²) in [6, 6.07) is 3.65. The molecule has 0 spiro atoms. The van der Waals surface area contributed by atoms with Crippen molar-refractivity contribution in [2.24, 2.45) is 0 Å². The Kier molecular flexibility index (Phi) is 8.13. The van der Waals surface area contributed by atoms with Crippen molar-refractivity contribution in [3.8, 4) is 11.5 Å². The number of phenols is 1. The largest absolute Gasteiger partial charge is 0.507 e. The SMILES string of the molecule is C=C(C)C(=O)Oc1cc(C(C)(C)CCCC)c(O)c(C(C)(C)CCCC)c1. The highest BCUT2D eigenvalue weighted by Crippen LogP contribution is 2.45. The quantitative estimate of drug-likeness (QED) is 0.278. The number of phenolic OH excluding ortho intramolecular Hbond substituents is 1. The second-order valence-corrected chi connectivity index (χ2v) is 9.01. The van der Waals surface area contributed by atoms with E-state index in [1.54, 1.807) is 6.92 Å². The number of carbonyl (C=O) groups excluding carboxylic acids is 1. The van der Waals surface area contributed by atoms with E-state index in [1.807, 2.05) is 12.1 Å². The fourth-order valence-corrected chi connectivity index (χ4v) is 3.40. The zero-order valence-electron chi connectivity index (χ0n) is 18.4. The second-order valence-electron chi connectivity index (χ2n) is 9.01. The Morgan fingerprint density at radius 3 is 1.74 bits per heavy atom. The predicted octanol–water partition coefficient (Wildman–Crippen LogP) is 6.81. The fourth-order valence-electron chi connectivity index (χ4n) is 3.40. The molecule has 0 aromatic heterocycles. The lowest BCUT2D eigenvalue weighted by molar-refractivity contribution is -0.130. The summed E-state index contributed by atoms with van der Waals surface area (Å²) in [4.78, 5) is 12.1. The molecule has 0 aliphatic rings. The number of hydrogen-bond acceptors (Lipinski definition) is 3. The van der Waals surface area contributed by atoms with Gasteiger partial charge in [0.1, 0.15) is 11.5 Å². The smallest absolute Gasteiger partial charge is 0.338 e. The number of hydrogen-bond donors (Lipinski definition) is 1. The Labute approximate surface area is 165 Å². The molecule has 0 aliphatic heterocycles. The average molecular weight is 375 g/mol. The third-order valence-corrected chi connectivity index (χ3v) is 5.41. The summed E-state index contributed by atoms with van der Waals surface area (Å²) in [5.41, 5.74) is 1.65. The maximum atomic E-state index is 12.1. The van der Waals surface area contributed by atoms with Crippen LogP contribution in [0.4, 0.5) is 0 Å². The van der Waals surface area contributed by atoms with Crippen molar-refractivity contribution in [3.63, 3.8) is 0 Å². The van der Waals surface area contributed by atoms with Crippen molar-refractivity contribution in [1.82, 2.24) is 0 Å². The molecule has 1 rings (SSSR count). The van der Waals surface area contributed by atoms with E-state index in [2.05, 4.69) is 48.1 Å². The fraction of sp³-hybridized carbons (Fsp3) is 0.625. The van der Waals surface area contributed by atoms with E-state index in [1.165, 1.54) is 0 Å². The van der Waals surface area contributed by atoms with Gasteiger partial charge in [0.05, 0.1) is 0 Å². The molecule has 0 amide bonds. The number of ether oxygens (including phenoxy) is 1. The van der Waals surface area contributed by atoms with E-state index >= 15 is 0 Å². The predicted molar refractivity (Wildman–Crippen MR) is 114 cm³/mol. The Balaban J connectivity index is 3.50. The van der Waals surface area contributed by atoms with Crippen LogP contribution in [0.5, 0.6) is 11.5 Å². The minimum absolute atomic E-state index is 0.207. The van der Waals surface area contributed by atoms with Gasteiger partial charge in [-0.3, -0.25) is 0 Å². The molecular formula is C24H38O3. The Hall–Kier alpha value is -1.77. The van der Waals surface area contributed by atoms with Gasteiger partial charge in [0.15, 0.2) is 0 Å². The molecule has 0 radical (unpaired) electrons. The van der Waals surface area contributed by atoms with Gasteiger partial charge in [0.25, 0.3) is 0 Å². The molecule has 0 saturated carbocycles. The molecule has 0 unspecified atom stereocenters. The van der Waals surface area contributed by atoms with E-state index < -0.39 is 5.97 Å². The van der Waals surface area contributed by atoms with Crippen LogP contribution in [-0.4, -0.2) is 11.1 Å². The molecule has 0 saturated heterocycles. The van der Waals surface area contributed by atoms with E-state index in [0.717, 1.165) is 49.7 Å². The third-order valence-electron chi connectivity index (χ3n) is 5.41. The van der Waals surface area contributed by atoms with Crippen molar-refractivity contribution >= 4 is 5.97 Å². The van der Waals surface area contributed by atoms with Gasteiger partial charge >= 0.3 is 5.97 Å². The second kappa shape index (κ2) is 9.43. The van der Waals surface area contributed by atoms with Gasteiger partial charge in [0, 0.05) is 16.7 Å². The van der Waals surface area contributed by atoms with Gasteiger partial charge in [-0.2, -0.15) is 0 Å². The summed E-state index contributed by atoms with van der Waals surface area (Å²) in [6.07, 6.45) is 6.29. The minimum Gasteiger partial charge on any atom is -0.507 e. The number of unbranched alkanes of at least 4 members (excludes halogenated alkanes) is 2. The number of carbonyl (C=O) groups is 1. The lowest BCUT2D eigenvalue weighted by atomic mass is 9.74. The van der Waals surface area contributed by atoms with Gasteiger partial charge in [-0.15, -0.1) is 0 Å². The van der Waals surface area contributed by atoms with Gasteiger partial charge < -0.3 is 9.84 Å². The third kappa shape index (κ3) is 6.12. The molecule has 0 heterocycles. The van der Waals surface area contributed by atoms with E-state index in [4.69, 9.17) is 4.74 Å². The highest BCUT2D eigenvalue weighted by molar-refractivity contribution is 5.88. The van der Waals surface area contributed by atoms with Crippen LogP contribution in [0.25, 0.3) is 0 Å². The first kappa shape index (κ1) is 23.3. The normalized spacial score (nSPS) is 12.1. The van der Waals surface area contributed by atoms with Crippen LogP contribution in [0.3, 0.4) is 0 Å². The van der Waals surface area contributed by atoms with Crippen molar-refractivity contribution in [2.75, 3.05) is 0 Å². The lowest BCUT2D eigenvalue weighted by Gasteiger charge is -2.32. The highest BCUT2D eigenvalue weighted by Gasteiger charge is 2.31. The minimum atomic E-state index is -0.435. The molecule has 0 fully saturated rings. The summed E-state index contributed by atoms with van der Waals surface area (Å²) < 4.78 is 5.56. The Bertz CT molecular complexity index is 627. The molecule has 1 N–H and O–H groups in total. The van der Waals surface area contributed by atoms with E-state index in [-0.39, 0.29) is 10.8 Å². The Morgan fingerprint density at radius 2 is 1.41 bits per heavy atom. The molecule has 3 nitrogen and oxygen atoms in total. The molecule has 3 heteroatoms. The van der Waals surface area contributed by atoms with Crippen molar-refractivity contribution in [2.45, 2.75) is 97.8 Å². The molecule has 1 aromatic carbocycles. The maximum Gasteiger partial charge on any atom is 0.338 e. The molecule has 1 aromatic rings. The van der Waals surface area contributed by atoms with Crippen LogP contribution in [0.2, 0.25) is 0 Å². The first-order chi connectivity index (χ1) is 12.5. The molecule has 0 bridgehead atoms. The summed E-state index contributed by atoms with van der Waals surface area (Å²) >= 11 is 0. The van der Waals surface area contributed by atoms with E-state index in [0.29, 0.717) is 17.1 Å². The molecule has 0 aliphatic carbocycles. The van der Waals surface area contributed by atoms with Crippen LogP contribution in [0, 0.1) is 0 Å². The topological polar surface area (TPSA) is 46.5 Å². The highest BCUT2D eigenvalue weighted by atomic mass is 16.5. The van der Waals surface area contributed by atoms with Gasteiger partial charge in [-0.25, -0.2) is 4.79 Å². The van der Waals surface area contributed by atoms with Crippen LogP contribution in [-0.2, 0) is 15.6 Å². The zero-order valence-corrected chi connectivity index (χ0v) is 18.4. The van der Waals surface area contributed by atoms with Crippen LogP contribution in [0.1, 0.15) is 98.1 Å². The van der Waals surface area contributed by atoms with Crippen LogP contribution < -0.4 is 4.74 Å². The maximum absolute atomic E-state index is 12.1. The van der Waals surface area contributed by atoms with Gasteiger partial charge in [-0.1, -0.05) is 73.8 Å². The van der Waals surface area contributed by atoms with Crippen molar-refractivity contribution in [3.05, 3.63) is 35.4 Å². The summed E-state index contributed by atoms with van der Waals surface area (Å²) in [5, 5.41) is 11.2. The Morgan fingerprint density at radius 1 is 1.00 bits per heavy atom. The average Bonchev–Trinajstić information content (AvgIpc) is 2.59. The number of esters is 1. The number of rotatable bonds is 10.